The predicted molar refractivity (Wildman–Crippen MR) is 93.8 cm³/mol. The summed E-state index contributed by atoms with van der Waals surface area (Å²) in [6.07, 6.45) is 0. The molecule has 25 heavy (non-hydrogen) atoms. The lowest BCUT2D eigenvalue weighted by Gasteiger charge is -2.12. The number of benzene rings is 2. The van der Waals surface area contributed by atoms with E-state index in [2.05, 4.69) is 10.0 Å². The molecule has 0 heterocycles. The Kier molecular flexibility index (Phi) is 5.19. The summed E-state index contributed by atoms with van der Waals surface area (Å²) < 4.78 is 26.3. The molecule has 0 radical (unpaired) electrons. The molecular formula is C16H17N3O5S. The van der Waals surface area contributed by atoms with Crippen LogP contribution in [0.5, 0.6) is 0 Å². The molecule has 0 aliphatic rings. The van der Waals surface area contributed by atoms with Gasteiger partial charge in [-0.25, -0.2) is 13.1 Å². The van der Waals surface area contributed by atoms with Crippen LogP contribution in [0.3, 0.4) is 0 Å². The molecule has 0 aliphatic heterocycles. The van der Waals surface area contributed by atoms with Gasteiger partial charge in [0.25, 0.3) is 5.69 Å². The monoisotopic (exact) mass is 363 g/mol. The lowest BCUT2D eigenvalue weighted by Crippen LogP contribution is -2.19. The highest BCUT2D eigenvalue weighted by Gasteiger charge is 2.18. The molecule has 2 N–H and O–H groups in total. The molecule has 0 aliphatic carbocycles. The van der Waals surface area contributed by atoms with Crippen LogP contribution in [0.25, 0.3) is 0 Å². The Hall–Kier alpha value is -2.78. The highest BCUT2D eigenvalue weighted by Crippen LogP contribution is 2.30. The Morgan fingerprint density at radius 1 is 1.16 bits per heavy atom. The first-order valence-corrected chi connectivity index (χ1v) is 8.74. The second-order valence-corrected chi connectivity index (χ2v) is 7.21. The number of nitrogens with one attached hydrogen (secondary N) is 2. The van der Waals surface area contributed by atoms with E-state index in [4.69, 9.17) is 0 Å². The summed E-state index contributed by atoms with van der Waals surface area (Å²) in [5, 5.41) is 14.1. The topological polar surface area (TPSA) is 118 Å². The van der Waals surface area contributed by atoms with Gasteiger partial charge in [-0.15, -0.1) is 0 Å². The molecule has 0 saturated carbocycles. The largest absolute Gasteiger partial charge is 0.350 e. The normalized spacial score (nSPS) is 11.2. The summed E-state index contributed by atoms with van der Waals surface area (Å²) in [6, 6.07) is 8.68. The van der Waals surface area contributed by atoms with E-state index in [9.17, 15) is 23.3 Å². The van der Waals surface area contributed by atoms with Crippen LogP contribution in [0.1, 0.15) is 22.8 Å². The van der Waals surface area contributed by atoms with Gasteiger partial charge in [0.05, 0.1) is 9.82 Å². The number of hydrogen-bond donors (Lipinski definition) is 2. The molecular weight excluding hydrogens is 346 g/mol. The maximum absolute atomic E-state index is 12.0. The smallest absolute Gasteiger partial charge is 0.293 e. The lowest BCUT2D eigenvalue weighted by atomic mass is 10.1. The molecule has 0 spiro atoms. The number of nitro benzene ring substituents is 1. The average Bonchev–Trinajstić information content (AvgIpc) is 2.56. The summed E-state index contributed by atoms with van der Waals surface area (Å²) >= 11 is 0. The van der Waals surface area contributed by atoms with Crippen LogP contribution >= 0.6 is 0 Å². The number of anilines is 2. The van der Waals surface area contributed by atoms with Gasteiger partial charge in [-0.05, 0) is 50.7 Å². The Morgan fingerprint density at radius 3 is 2.40 bits per heavy atom. The van der Waals surface area contributed by atoms with Gasteiger partial charge in [-0.1, -0.05) is 6.07 Å². The molecule has 0 amide bonds. The number of rotatable bonds is 6. The van der Waals surface area contributed by atoms with Crippen molar-refractivity contribution in [1.29, 1.82) is 0 Å². The number of hydrogen-bond acceptors (Lipinski definition) is 6. The fraction of sp³-hybridized carbons (Fsp3) is 0.188. The van der Waals surface area contributed by atoms with E-state index < -0.39 is 14.9 Å². The van der Waals surface area contributed by atoms with Crippen LogP contribution < -0.4 is 10.0 Å². The van der Waals surface area contributed by atoms with Gasteiger partial charge in [-0.2, -0.15) is 0 Å². The minimum Gasteiger partial charge on any atom is -0.350 e. The van der Waals surface area contributed by atoms with E-state index in [0.717, 1.165) is 0 Å². The molecule has 8 nitrogen and oxygen atoms in total. The van der Waals surface area contributed by atoms with Crippen molar-refractivity contribution >= 4 is 32.9 Å². The number of carbonyl (C=O) groups is 1. The van der Waals surface area contributed by atoms with Gasteiger partial charge in [0, 0.05) is 17.3 Å². The summed E-state index contributed by atoms with van der Waals surface area (Å²) in [5.41, 5.74) is 1.02. The van der Waals surface area contributed by atoms with Crippen molar-refractivity contribution in [2.75, 3.05) is 12.4 Å². The molecule has 0 unspecified atom stereocenters. The fourth-order valence-electron chi connectivity index (χ4n) is 2.24. The maximum atomic E-state index is 12.0. The predicted octanol–water partition coefficient (Wildman–Crippen LogP) is 2.76. The van der Waals surface area contributed by atoms with Crippen molar-refractivity contribution in [2.24, 2.45) is 0 Å². The van der Waals surface area contributed by atoms with Crippen molar-refractivity contribution in [2.45, 2.75) is 18.7 Å². The van der Waals surface area contributed by atoms with Crippen LogP contribution in [-0.4, -0.2) is 26.2 Å². The van der Waals surface area contributed by atoms with E-state index >= 15 is 0 Å². The van der Waals surface area contributed by atoms with Crippen molar-refractivity contribution < 1.29 is 18.1 Å². The molecule has 2 rings (SSSR count). The van der Waals surface area contributed by atoms with Crippen LogP contribution in [0.2, 0.25) is 0 Å². The van der Waals surface area contributed by atoms with Gasteiger partial charge in [-0.3, -0.25) is 14.9 Å². The quantitative estimate of drug-likeness (QED) is 0.463. The number of sulfonamides is 1. The molecule has 0 fully saturated rings. The first kappa shape index (κ1) is 18.6. The maximum Gasteiger partial charge on any atom is 0.293 e. The van der Waals surface area contributed by atoms with Crippen molar-refractivity contribution in [1.82, 2.24) is 4.72 Å². The van der Waals surface area contributed by atoms with Crippen molar-refractivity contribution in [3.8, 4) is 0 Å². The van der Waals surface area contributed by atoms with Crippen molar-refractivity contribution in [3.63, 3.8) is 0 Å². The third-order valence-corrected chi connectivity index (χ3v) is 5.18. The third-order valence-electron chi connectivity index (χ3n) is 3.63. The number of carbonyl (C=O) groups excluding carboxylic acids is 1. The van der Waals surface area contributed by atoms with Gasteiger partial charge in [0.15, 0.2) is 5.78 Å². The van der Waals surface area contributed by atoms with E-state index in [1.54, 1.807) is 19.1 Å². The summed E-state index contributed by atoms with van der Waals surface area (Å²) in [7, 11) is -2.35. The molecule has 2 aromatic carbocycles. The summed E-state index contributed by atoms with van der Waals surface area (Å²) in [5.74, 6) is -0.285. The van der Waals surface area contributed by atoms with E-state index in [1.807, 2.05) is 0 Å². The number of nitrogens with zero attached hydrogens (tertiary/aromatic N) is 1. The highest BCUT2D eigenvalue weighted by molar-refractivity contribution is 7.89. The van der Waals surface area contributed by atoms with Gasteiger partial charge in [0.2, 0.25) is 10.0 Å². The molecule has 2 aromatic rings. The standard InChI is InChI=1S/C16H17N3O5S/c1-10-4-6-13(9-16(10)25(23,24)17-3)18-14-7-5-12(11(2)20)8-15(14)19(21)22/h4-9,17-18H,1-3H3. The van der Waals surface area contributed by atoms with Crippen LogP contribution in [-0.2, 0) is 10.0 Å². The Labute approximate surface area is 145 Å². The molecule has 132 valence electrons. The zero-order valence-corrected chi connectivity index (χ0v) is 14.7. The number of nitro groups is 1. The first-order chi connectivity index (χ1) is 11.7. The fourth-order valence-corrected chi connectivity index (χ4v) is 3.23. The molecule has 0 bridgehead atoms. The first-order valence-electron chi connectivity index (χ1n) is 7.26. The summed E-state index contributed by atoms with van der Waals surface area (Å²) in [4.78, 5) is 22.1. The van der Waals surface area contributed by atoms with Crippen LogP contribution in [0.15, 0.2) is 41.3 Å². The number of Topliss-reactive ketones (excluding diaryl/α,β-unsaturated/α-hetero) is 1. The zero-order valence-electron chi connectivity index (χ0n) is 13.9. The van der Waals surface area contributed by atoms with E-state index in [1.165, 1.54) is 38.2 Å². The average molecular weight is 363 g/mol. The van der Waals surface area contributed by atoms with Gasteiger partial charge in [0.1, 0.15) is 5.69 Å². The minimum atomic E-state index is -3.66. The molecule has 0 saturated heterocycles. The molecule has 0 atom stereocenters. The molecule has 0 aromatic heterocycles. The van der Waals surface area contributed by atoms with Gasteiger partial charge >= 0.3 is 0 Å². The SMILES string of the molecule is CNS(=O)(=O)c1cc(Nc2ccc(C(C)=O)cc2[N+](=O)[O-])ccc1C. The van der Waals surface area contributed by atoms with Crippen LogP contribution in [0.4, 0.5) is 17.1 Å². The Morgan fingerprint density at radius 2 is 1.84 bits per heavy atom. The number of ketones is 1. The molecule has 9 heteroatoms. The Bertz CT molecular complexity index is 954. The number of aryl methyl sites for hydroxylation is 1. The van der Waals surface area contributed by atoms with Crippen LogP contribution in [0, 0.1) is 17.0 Å². The lowest BCUT2D eigenvalue weighted by molar-refractivity contribution is -0.383. The second kappa shape index (κ2) is 6.99. The second-order valence-electron chi connectivity index (χ2n) is 5.36. The van der Waals surface area contributed by atoms with Gasteiger partial charge < -0.3 is 5.32 Å². The highest BCUT2D eigenvalue weighted by atomic mass is 32.2. The van der Waals surface area contributed by atoms with Crippen molar-refractivity contribution in [3.05, 3.63) is 57.6 Å². The van der Waals surface area contributed by atoms with E-state index in [-0.39, 0.29) is 27.6 Å². The zero-order chi connectivity index (χ0) is 18.8. The third kappa shape index (κ3) is 4.01. The van der Waals surface area contributed by atoms with E-state index in [0.29, 0.717) is 11.3 Å². The Balaban J connectivity index is 2.49. The minimum absolute atomic E-state index is 0.0722. The summed E-state index contributed by atoms with van der Waals surface area (Å²) in [6.45, 7) is 2.97.